The first-order valence-corrected chi connectivity index (χ1v) is 5.33. The Bertz CT molecular complexity index is 380. The average Bonchev–Trinajstić information content (AvgIpc) is 2.70. The number of nitrogens with one attached hydrogen (secondary N) is 1. The van der Waals surface area contributed by atoms with Crippen molar-refractivity contribution in [1.29, 1.82) is 0 Å². The molecule has 0 unspecified atom stereocenters. The fourth-order valence-corrected chi connectivity index (χ4v) is 1.85. The smallest absolute Gasteiger partial charge is 0.115 e. The van der Waals surface area contributed by atoms with Crippen LogP contribution in [0.15, 0.2) is 41.1 Å². The van der Waals surface area contributed by atoms with Gasteiger partial charge in [0, 0.05) is 12.2 Å². The molecule has 1 aromatic carbocycles. The van der Waals surface area contributed by atoms with Gasteiger partial charge < -0.3 is 10.4 Å². The number of thiophene rings is 1. The highest BCUT2D eigenvalue weighted by atomic mass is 32.1. The minimum absolute atomic E-state index is 0.297. The van der Waals surface area contributed by atoms with E-state index in [0.717, 1.165) is 12.2 Å². The molecule has 0 aliphatic heterocycles. The van der Waals surface area contributed by atoms with E-state index in [2.05, 4.69) is 22.1 Å². The molecule has 0 radical (unpaired) electrons. The molecule has 0 fully saturated rings. The lowest BCUT2D eigenvalue weighted by Crippen LogP contribution is -1.97. The van der Waals surface area contributed by atoms with Gasteiger partial charge in [0.05, 0.1) is 0 Å². The van der Waals surface area contributed by atoms with Gasteiger partial charge in [0.2, 0.25) is 0 Å². The van der Waals surface area contributed by atoms with Crippen LogP contribution in [0.4, 0.5) is 5.69 Å². The fourth-order valence-electron chi connectivity index (χ4n) is 1.18. The first kappa shape index (κ1) is 9.09. The topological polar surface area (TPSA) is 32.3 Å². The molecule has 0 atom stereocenters. The highest BCUT2D eigenvalue weighted by Crippen LogP contribution is 2.15. The number of hydrogen-bond acceptors (Lipinski definition) is 3. The van der Waals surface area contributed by atoms with Gasteiger partial charge in [-0.15, -0.1) is 0 Å². The van der Waals surface area contributed by atoms with Gasteiger partial charge in [0.1, 0.15) is 5.75 Å². The van der Waals surface area contributed by atoms with Crippen LogP contribution in [0.1, 0.15) is 5.56 Å². The molecule has 2 N–H and O–H groups in total. The maximum Gasteiger partial charge on any atom is 0.115 e. The van der Waals surface area contributed by atoms with Crippen molar-refractivity contribution < 1.29 is 5.11 Å². The van der Waals surface area contributed by atoms with E-state index in [1.165, 1.54) is 5.56 Å². The summed E-state index contributed by atoms with van der Waals surface area (Å²) in [5.74, 6) is 0.297. The zero-order valence-electron chi connectivity index (χ0n) is 7.60. The van der Waals surface area contributed by atoms with Crippen LogP contribution in [0.2, 0.25) is 0 Å². The van der Waals surface area contributed by atoms with Crippen molar-refractivity contribution in [3.05, 3.63) is 46.7 Å². The van der Waals surface area contributed by atoms with E-state index in [1.807, 2.05) is 12.1 Å². The van der Waals surface area contributed by atoms with Crippen LogP contribution in [0.3, 0.4) is 0 Å². The molecule has 2 aromatic rings. The molecular formula is C11H11NOS. The number of hydrogen-bond donors (Lipinski definition) is 2. The lowest BCUT2D eigenvalue weighted by atomic mass is 10.3. The van der Waals surface area contributed by atoms with Crippen LogP contribution >= 0.6 is 11.3 Å². The molecule has 0 amide bonds. The summed E-state index contributed by atoms with van der Waals surface area (Å²) in [6, 6.07) is 9.17. The number of phenols is 1. The predicted molar refractivity (Wildman–Crippen MR) is 59.8 cm³/mol. The maximum absolute atomic E-state index is 9.08. The molecule has 1 heterocycles. The quantitative estimate of drug-likeness (QED) is 0.755. The normalized spacial score (nSPS) is 10.0. The molecule has 72 valence electrons. The number of rotatable bonds is 3. The summed E-state index contributed by atoms with van der Waals surface area (Å²) in [4.78, 5) is 0. The van der Waals surface area contributed by atoms with Crippen molar-refractivity contribution in [3.8, 4) is 5.75 Å². The predicted octanol–water partition coefficient (Wildman–Crippen LogP) is 3.07. The monoisotopic (exact) mass is 205 g/mol. The van der Waals surface area contributed by atoms with Crippen LogP contribution in [-0.2, 0) is 6.54 Å². The molecule has 1 aromatic heterocycles. The third-order valence-corrected chi connectivity index (χ3v) is 2.68. The minimum Gasteiger partial charge on any atom is -0.508 e. The van der Waals surface area contributed by atoms with E-state index in [9.17, 15) is 0 Å². The first-order chi connectivity index (χ1) is 6.84. The summed E-state index contributed by atoms with van der Waals surface area (Å²) >= 11 is 1.70. The average molecular weight is 205 g/mol. The van der Waals surface area contributed by atoms with Crippen molar-refractivity contribution in [1.82, 2.24) is 0 Å². The number of benzene rings is 1. The van der Waals surface area contributed by atoms with Gasteiger partial charge in [-0.05, 0) is 46.7 Å². The van der Waals surface area contributed by atoms with Gasteiger partial charge in [0.25, 0.3) is 0 Å². The third-order valence-electron chi connectivity index (χ3n) is 1.94. The zero-order chi connectivity index (χ0) is 9.80. The Morgan fingerprint density at radius 3 is 2.57 bits per heavy atom. The molecule has 0 spiro atoms. The highest BCUT2D eigenvalue weighted by Gasteiger charge is 1.94. The largest absolute Gasteiger partial charge is 0.508 e. The van der Waals surface area contributed by atoms with Crippen molar-refractivity contribution >= 4 is 17.0 Å². The molecule has 2 nitrogen and oxygen atoms in total. The van der Waals surface area contributed by atoms with Crippen molar-refractivity contribution in [2.45, 2.75) is 6.54 Å². The lowest BCUT2D eigenvalue weighted by Gasteiger charge is -2.04. The van der Waals surface area contributed by atoms with Gasteiger partial charge in [-0.3, -0.25) is 0 Å². The summed E-state index contributed by atoms with van der Waals surface area (Å²) in [6.45, 7) is 0.828. The molecule has 0 saturated carbocycles. The molecule has 3 heteroatoms. The summed E-state index contributed by atoms with van der Waals surface area (Å²) in [7, 11) is 0. The van der Waals surface area contributed by atoms with E-state index in [-0.39, 0.29) is 0 Å². The Morgan fingerprint density at radius 2 is 1.93 bits per heavy atom. The summed E-state index contributed by atoms with van der Waals surface area (Å²) in [5.41, 5.74) is 2.30. The molecule has 0 bridgehead atoms. The van der Waals surface area contributed by atoms with E-state index in [1.54, 1.807) is 23.5 Å². The van der Waals surface area contributed by atoms with Crippen LogP contribution in [0.25, 0.3) is 0 Å². The Kier molecular flexibility index (Phi) is 2.70. The molecular weight excluding hydrogens is 194 g/mol. The second kappa shape index (κ2) is 4.15. The van der Waals surface area contributed by atoms with Crippen molar-refractivity contribution in [2.24, 2.45) is 0 Å². The Balaban J connectivity index is 1.95. The fraction of sp³-hybridized carbons (Fsp3) is 0.0909. The minimum atomic E-state index is 0.297. The maximum atomic E-state index is 9.08. The zero-order valence-corrected chi connectivity index (χ0v) is 8.42. The van der Waals surface area contributed by atoms with Gasteiger partial charge in [0.15, 0.2) is 0 Å². The number of anilines is 1. The van der Waals surface area contributed by atoms with Gasteiger partial charge >= 0.3 is 0 Å². The summed E-state index contributed by atoms with van der Waals surface area (Å²) < 4.78 is 0. The molecule has 0 saturated heterocycles. The van der Waals surface area contributed by atoms with Gasteiger partial charge in [-0.25, -0.2) is 0 Å². The Morgan fingerprint density at radius 1 is 1.14 bits per heavy atom. The van der Waals surface area contributed by atoms with Gasteiger partial charge in [-0.2, -0.15) is 11.3 Å². The third kappa shape index (κ3) is 2.26. The molecule has 0 aliphatic carbocycles. The lowest BCUT2D eigenvalue weighted by molar-refractivity contribution is 0.475. The Labute approximate surface area is 86.8 Å². The second-order valence-corrected chi connectivity index (χ2v) is 3.81. The number of aromatic hydroxyl groups is 1. The first-order valence-electron chi connectivity index (χ1n) is 4.38. The van der Waals surface area contributed by atoms with Crippen molar-refractivity contribution in [3.63, 3.8) is 0 Å². The molecule has 2 rings (SSSR count). The van der Waals surface area contributed by atoms with Crippen LogP contribution in [0, 0.1) is 0 Å². The molecule has 0 aliphatic rings. The van der Waals surface area contributed by atoms with Crippen LogP contribution < -0.4 is 5.32 Å². The van der Waals surface area contributed by atoms with E-state index < -0.39 is 0 Å². The Hall–Kier alpha value is -1.48. The highest BCUT2D eigenvalue weighted by molar-refractivity contribution is 7.07. The standard InChI is InChI=1S/C11H11NOS/c13-11-3-1-10(2-4-11)12-7-9-5-6-14-8-9/h1-6,8,12-13H,7H2. The SMILES string of the molecule is Oc1ccc(NCc2ccsc2)cc1. The van der Waals surface area contributed by atoms with Gasteiger partial charge in [-0.1, -0.05) is 0 Å². The van der Waals surface area contributed by atoms with Crippen molar-refractivity contribution in [2.75, 3.05) is 5.32 Å². The summed E-state index contributed by atoms with van der Waals surface area (Å²) in [5, 5.41) is 16.5. The van der Waals surface area contributed by atoms with Crippen LogP contribution in [-0.4, -0.2) is 5.11 Å². The van der Waals surface area contributed by atoms with E-state index >= 15 is 0 Å². The number of phenolic OH excluding ortho intramolecular Hbond substituents is 1. The second-order valence-electron chi connectivity index (χ2n) is 3.03. The summed E-state index contributed by atoms with van der Waals surface area (Å²) in [6.07, 6.45) is 0. The van der Waals surface area contributed by atoms with E-state index in [4.69, 9.17) is 5.11 Å². The van der Waals surface area contributed by atoms with E-state index in [0.29, 0.717) is 5.75 Å². The molecule has 14 heavy (non-hydrogen) atoms. The van der Waals surface area contributed by atoms with Crippen LogP contribution in [0.5, 0.6) is 5.75 Å².